The number of pyridine rings is 1. The molecule has 0 aliphatic heterocycles. The number of aromatic hydroxyl groups is 1. The van der Waals surface area contributed by atoms with Crippen LogP contribution in [0, 0.1) is 18.7 Å². The lowest BCUT2D eigenvalue weighted by atomic mass is 9.80. The summed E-state index contributed by atoms with van der Waals surface area (Å²) in [5.41, 5.74) is 3.75. The molecule has 0 saturated heterocycles. The third-order valence-corrected chi connectivity index (χ3v) is 5.88. The molecule has 1 aromatic heterocycles. The molecule has 1 aliphatic rings. The number of fused-ring (bicyclic) bond motifs is 1. The van der Waals surface area contributed by atoms with Crippen LogP contribution in [0.4, 0.5) is 10.2 Å². The van der Waals surface area contributed by atoms with Gasteiger partial charge in [-0.3, -0.25) is 4.79 Å². The van der Waals surface area contributed by atoms with Gasteiger partial charge in [0.15, 0.2) is 0 Å². The first-order valence-electron chi connectivity index (χ1n) is 10.2. The molecule has 0 radical (unpaired) electrons. The third-order valence-electron chi connectivity index (χ3n) is 5.88. The standard InChI is InChI=1S/C24H25FN2O3/c1-12(2)20-21(14-7-8-18(25)13(3)9-14)17-5-4-6-19(28)22(17)27-23(20)26-16-10-15(11-16)24(29)30/h4-9,12,15-16,28H,10-11H2,1-3H3,(H,26,27)(H,29,30). The maximum absolute atomic E-state index is 13.9. The Labute approximate surface area is 174 Å². The zero-order valence-electron chi connectivity index (χ0n) is 17.2. The molecular formula is C24H25FN2O3. The number of hydrogen-bond donors (Lipinski definition) is 3. The van der Waals surface area contributed by atoms with Crippen molar-refractivity contribution in [3.05, 3.63) is 53.3 Å². The van der Waals surface area contributed by atoms with Crippen molar-refractivity contribution in [1.82, 2.24) is 4.98 Å². The van der Waals surface area contributed by atoms with Crippen LogP contribution in [0.25, 0.3) is 22.0 Å². The van der Waals surface area contributed by atoms with E-state index in [4.69, 9.17) is 4.98 Å². The van der Waals surface area contributed by atoms with Crippen LogP contribution in [0.1, 0.15) is 43.7 Å². The number of aromatic nitrogens is 1. The molecule has 4 rings (SSSR count). The van der Waals surface area contributed by atoms with Crippen LogP contribution >= 0.6 is 0 Å². The van der Waals surface area contributed by atoms with Gasteiger partial charge in [0.2, 0.25) is 0 Å². The maximum atomic E-state index is 13.9. The second-order valence-corrected chi connectivity index (χ2v) is 8.39. The average Bonchev–Trinajstić information content (AvgIpc) is 2.65. The van der Waals surface area contributed by atoms with E-state index in [9.17, 15) is 19.4 Å². The number of phenolic OH excluding ortho intramolecular Hbond substituents is 1. The zero-order valence-corrected chi connectivity index (χ0v) is 17.2. The van der Waals surface area contributed by atoms with E-state index in [1.165, 1.54) is 6.07 Å². The zero-order chi connectivity index (χ0) is 21.6. The fraction of sp³-hybridized carbons (Fsp3) is 0.333. The number of rotatable bonds is 5. The van der Waals surface area contributed by atoms with Gasteiger partial charge in [-0.15, -0.1) is 0 Å². The minimum Gasteiger partial charge on any atom is -0.506 e. The van der Waals surface area contributed by atoms with Crippen molar-refractivity contribution in [2.45, 2.75) is 45.6 Å². The third kappa shape index (κ3) is 3.47. The van der Waals surface area contributed by atoms with E-state index in [-0.39, 0.29) is 29.4 Å². The number of para-hydroxylation sites is 1. The Morgan fingerprint density at radius 2 is 1.97 bits per heavy atom. The first-order valence-corrected chi connectivity index (χ1v) is 10.2. The van der Waals surface area contributed by atoms with Crippen LogP contribution in [-0.2, 0) is 4.79 Å². The number of anilines is 1. The molecule has 0 atom stereocenters. The van der Waals surface area contributed by atoms with Crippen molar-refractivity contribution >= 4 is 22.7 Å². The Bertz CT molecular complexity index is 1140. The van der Waals surface area contributed by atoms with E-state index in [0.29, 0.717) is 29.7 Å². The summed E-state index contributed by atoms with van der Waals surface area (Å²) in [6, 6.07) is 10.3. The second-order valence-electron chi connectivity index (χ2n) is 8.39. The minimum atomic E-state index is -0.774. The SMILES string of the molecule is Cc1cc(-c2c(C(C)C)c(NC3CC(C(=O)O)C3)nc3c(O)cccc23)ccc1F. The molecule has 0 unspecified atom stereocenters. The van der Waals surface area contributed by atoms with Gasteiger partial charge >= 0.3 is 5.97 Å². The molecule has 0 amide bonds. The molecule has 1 aliphatic carbocycles. The fourth-order valence-corrected chi connectivity index (χ4v) is 4.20. The number of aryl methyl sites for hydroxylation is 1. The summed E-state index contributed by atoms with van der Waals surface area (Å²) in [7, 11) is 0. The van der Waals surface area contributed by atoms with Crippen molar-refractivity contribution in [3.8, 4) is 16.9 Å². The Balaban J connectivity index is 1.91. The number of phenols is 1. The fourth-order valence-electron chi connectivity index (χ4n) is 4.20. The molecule has 2 aromatic carbocycles. The van der Waals surface area contributed by atoms with Gasteiger partial charge in [0.05, 0.1) is 5.92 Å². The van der Waals surface area contributed by atoms with Gasteiger partial charge in [-0.05, 0) is 60.6 Å². The highest BCUT2D eigenvalue weighted by atomic mass is 19.1. The van der Waals surface area contributed by atoms with E-state index in [1.54, 1.807) is 25.1 Å². The Morgan fingerprint density at radius 3 is 2.60 bits per heavy atom. The lowest BCUT2D eigenvalue weighted by Gasteiger charge is -2.34. The van der Waals surface area contributed by atoms with E-state index >= 15 is 0 Å². The predicted molar refractivity (Wildman–Crippen MR) is 115 cm³/mol. The Morgan fingerprint density at radius 1 is 1.23 bits per heavy atom. The molecule has 156 valence electrons. The number of aliphatic carboxylic acids is 1. The summed E-state index contributed by atoms with van der Waals surface area (Å²) in [5.74, 6) is -0.560. The highest BCUT2D eigenvalue weighted by Crippen LogP contribution is 2.43. The van der Waals surface area contributed by atoms with Gasteiger partial charge in [0.1, 0.15) is 22.9 Å². The highest BCUT2D eigenvalue weighted by molar-refractivity contribution is 6.01. The number of benzene rings is 2. The minimum absolute atomic E-state index is 0.0159. The summed E-state index contributed by atoms with van der Waals surface area (Å²) >= 11 is 0. The summed E-state index contributed by atoms with van der Waals surface area (Å²) in [4.78, 5) is 15.9. The molecular weight excluding hydrogens is 383 g/mol. The monoisotopic (exact) mass is 408 g/mol. The Hall–Kier alpha value is -3.15. The van der Waals surface area contributed by atoms with Gasteiger partial charge in [-0.2, -0.15) is 0 Å². The molecule has 3 aromatic rings. The molecule has 6 heteroatoms. The molecule has 0 bridgehead atoms. The number of carboxylic acids is 1. The van der Waals surface area contributed by atoms with Crippen molar-refractivity contribution < 1.29 is 19.4 Å². The van der Waals surface area contributed by atoms with Gasteiger partial charge in [0, 0.05) is 17.0 Å². The summed E-state index contributed by atoms with van der Waals surface area (Å²) in [6.45, 7) is 5.86. The molecule has 1 heterocycles. The molecule has 1 saturated carbocycles. The summed E-state index contributed by atoms with van der Waals surface area (Å²) in [6.07, 6.45) is 1.08. The van der Waals surface area contributed by atoms with Crippen LogP contribution in [-0.4, -0.2) is 27.2 Å². The molecule has 3 N–H and O–H groups in total. The number of carbonyl (C=O) groups is 1. The summed E-state index contributed by atoms with van der Waals surface area (Å²) < 4.78 is 13.9. The van der Waals surface area contributed by atoms with E-state index in [2.05, 4.69) is 19.2 Å². The predicted octanol–water partition coefficient (Wildman–Crippen LogP) is 5.45. The van der Waals surface area contributed by atoms with Gasteiger partial charge in [-0.25, -0.2) is 9.37 Å². The maximum Gasteiger partial charge on any atom is 0.306 e. The first-order chi connectivity index (χ1) is 14.3. The van der Waals surface area contributed by atoms with Crippen LogP contribution in [0.5, 0.6) is 5.75 Å². The number of carboxylic acid groups (broad SMARTS) is 1. The quantitative estimate of drug-likeness (QED) is 0.523. The Kier molecular flexibility index (Phi) is 5.10. The van der Waals surface area contributed by atoms with Crippen LogP contribution in [0.2, 0.25) is 0 Å². The van der Waals surface area contributed by atoms with Crippen LogP contribution in [0.15, 0.2) is 36.4 Å². The van der Waals surface area contributed by atoms with Crippen LogP contribution < -0.4 is 5.32 Å². The number of halogens is 1. The lowest BCUT2D eigenvalue weighted by Crippen LogP contribution is -2.40. The van der Waals surface area contributed by atoms with Gasteiger partial charge < -0.3 is 15.5 Å². The molecule has 1 fully saturated rings. The van der Waals surface area contributed by atoms with Crippen molar-refractivity contribution in [2.24, 2.45) is 5.92 Å². The topological polar surface area (TPSA) is 82.5 Å². The molecule has 5 nitrogen and oxygen atoms in total. The molecule has 30 heavy (non-hydrogen) atoms. The normalized spacial score (nSPS) is 18.4. The summed E-state index contributed by atoms with van der Waals surface area (Å²) in [5, 5.41) is 23.9. The number of nitrogens with zero attached hydrogens (tertiary/aromatic N) is 1. The van der Waals surface area contributed by atoms with Gasteiger partial charge in [-0.1, -0.05) is 32.0 Å². The average molecular weight is 408 g/mol. The van der Waals surface area contributed by atoms with Crippen LogP contribution in [0.3, 0.4) is 0 Å². The van der Waals surface area contributed by atoms with Crippen molar-refractivity contribution in [3.63, 3.8) is 0 Å². The van der Waals surface area contributed by atoms with Gasteiger partial charge in [0.25, 0.3) is 0 Å². The number of nitrogens with one attached hydrogen (secondary N) is 1. The van der Waals surface area contributed by atoms with E-state index in [1.807, 2.05) is 12.1 Å². The van der Waals surface area contributed by atoms with E-state index < -0.39 is 5.97 Å². The van der Waals surface area contributed by atoms with Crippen molar-refractivity contribution in [1.29, 1.82) is 0 Å². The lowest BCUT2D eigenvalue weighted by molar-refractivity contribution is -0.144. The second kappa shape index (κ2) is 7.59. The largest absolute Gasteiger partial charge is 0.506 e. The van der Waals surface area contributed by atoms with E-state index in [0.717, 1.165) is 22.1 Å². The smallest absolute Gasteiger partial charge is 0.306 e. The number of hydrogen-bond acceptors (Lipinski definition) is 4. The van der Waals surface area contributed by atoms with Crippen molar-refractivity contribution in [2.75, 3.05) is 5.32 Å². The highest BCUT2D eigenvalue weighted by Gasteiger charge is 2.35. The molecule has 0 spiro atoms. The first kappa shape index (κ1) is 20.1.